The highest BCUT2D eigenvalue weighted by Gasteiger charge is 1.97. The lowest BCUT2D eigenvalue weighted by Crippen LogP contribution is -2.02. The van der Waals surface area contributed by atoms with Gasteiger partial charge >= 0.3 is 11.9 Å². The van der Waals surface area contributed by atoms with Gasteiger partial charge < -0.3 is 9.47 Å². The van der Waals surface area contributed by atoms with Gasteiger partial charge in [-0.2, -0.15) is 0 Å². The summed E-state index contributed by atoms with van der Waals surface area (Å²) in [7, 11) is 0. The van der Waals surface area contributed by atoms with Crippen molar-refractivity contribution in [1.82, 2.24) is 0 Å². The first kappa shape index (κ1) is 15.2. The monoisotopic (exact) mass is 238 g/mol. The smallest absolute Gasteiger partial charge is 0.306 e. The van der Waals surface area contributed by atoms with Crippen LogP contribution in [-0.4, -0.2) is 25.2 Å². The molecular formula is C13H18O4. The van der Waals surface area contributed by atoms with Crippen LogP contribution in [-0.2, 0) is 19.1 Å². The van der Waals surface area contributed by atoms with Gasteiger partial charge in [-0.3, -0.25) is 9.59 Å². The Morgan fingerprint density at radius 3 is 2.59 bits per heavy atom. The van der Waals surface area contributed by atoms with Crippen LogP contribution < -0.4 is 0 Å². The second kappa shape index (κ2) is 10.7. The fraction of sp³-hybridized carbons (Fsp3) is 0.538. The number of esters is 2. The van der Waals surface area contributed by atoms with Crippen molar-refractivity contribution in [2.45, 2.75) is 33.1 Å². The number of rotatable bonds is 6. The van der Waals surface area contributed by atoms with E-state index in [-0.39, 0.29) is 18.5 Å². The molecule has 0 N–H and O–H groups in total. The van der Waals surface area contributed by atoms with E-state index in [4.69, 9.17) is 9.47 Å². The molecule has 0 saturated carbocycles. The lowest BCUT2D eigenvalue weighted by Gasteiger charge is -1.96. The summed E-state index contributed by atoms with van der Waals surface area (Å²) in [4.78, 5) is 21.3. The topological polar surface area (TPSA) is 52.6 Å². The molecule has 4 nitrogen and oxygen atoms in total. The number of carbonyl (C=O) groups is 2. The van der Waals surface area contributed by atoms with Gasteiger partial charge in [0.1, 0.15) is 6.61 Å². The van der Waals surface area contributed by atoms with Crippen molar-refractivity contribution in [3.05, 3.63) is 12.2 Å². The summed E-state index contributed by atoms with van der Waals surface area (Å²) in [6, 6.07) is 0. The van der Waals surface area contributed by atoms with E-state index in [1.54, 1.807) is 13.0 Å². The molecule has 94 valence electrons. The van der Waals surface area contributed by atoms with Crippen molar-refractivity contribution in [1.29, 1.82) is 0 Å². The Hall–Kier alpha value is -1.76. The molecule has 0 aromatic heterocycles. The Morgan fingerprint density at radius 1 is 1.18 bits per heavy atom. The molecule has 0 radical (unpaired) electrons. The number of carbonyl (C=O) groups excluding carboxylic acids is 2. The van der Waals surface area contributed by atoms with Gasteiger partial charge in [-0.15, -0.1) is 5.92 Å². The van der Waals surface area contributed by atoms with Crippen LogP contribution in [0.25, 0.3) is 0 Å². The summed E-state index contributed by atoms with van der Waals surface area (Å²) in [5, 5.41) is 0. The second-order valence-electron chi connectivity index (χ2n) is 3.14. The number of ether oxygens (including phenoxy) is 2. The summed E-state index contributed by atoms with van der Waals surface area (Å²) in [5.74, 6) is 5.24. The average molecular weight is 238 g/mol. The molecule has 0 fully saturated rings. The van der Waals surface area contributed by atoms with Gasteiger partial charge in [0.05, 0.1) is 13.0 Å². The minimum Gasteiger partial charge on any atom is -0.466 e. The van der Waals surface area contributed by atoms with Crippen molar-refractivity contribution in [2.75, 3.05) is 13.2 Å². The van der Waals surface area contributed by atoms with E-state index in [9.17, 15) is 9.59 Å². The molecule has 0 aliphatic heterocycles. The molecule has 0 atom stereocenters. The van der Waals surface area contributed by atoms with E-state index < -0.39 is 0 Å². The lowest BCUT2D eigenvalue weighted by molar-refractivity contribution is -0.143. The molecule has 0 aromatic rings. The largest absolute Gasteiger partial charge is 0.466 e. The van der Waals surface area contributed by atoms with Gasteiger partial charge in [-0.1, -0.05) is 18.1 Å². The Morgan fingerprint density at radius 2 is 1.94 bits per heavy atom. The van der Waals surface area contributed by atoms with Crippen molar-refractivity contribution >= 4 is 11.9 Å². The molecule has 0 amide bonds. The van der Waals surface area contributed by atoms with Gasteiger partial charge in [-0.25, -0.2) is 0 Å². The van der Waals surface area contributed by atoms with E-state index >= 15 is 0 Å². The van der Waals surface area contributed by atoms with Crippen LogP contribution in [0.4, 0.5) is 0 Å². The third-order valence-corrected chi connectivity index (χ3v) is 1.65. The predicted octanol–water partition coefficient (Wildman–Crippen LogP) is 1.84. The predicted molar refractivity (Wildman–Crippen MR) is 64.0 cm³/mol. The van der Waals surface area contributed by atoms with Crippen molar-refractivity contribution in [2.24, 2.45) is 0 Å². The average Bonchev–Trinajstić information content (AvgIpc) is 2.27. The standard InChI is InChI=1S/C13H18O4/c1-3-16-13(15)10-8-6-4-5-7-9-11-17-12(2)14/h7,9H,3,5,8,10-11H2,1-2H3/b9-7+. The normalized spacial score (nSPS) is 9.53. The molecule has 0 rings (SSSR count). The van der Waals surface area contributed by atoms with Crippen LogP contribution in [0.5, 0.6) is 0 Å². The SMILES string of the molecule is CCOC(=O)CCC#CC/C=C/COC(C)=O. The van der Waals surface area contributed by atoms with Crippen molar-refractivity contribution in [3.8, 4) is 11.8 Å². The third-order valence-electron chi connectivity index (χ3n) is 1.65. The quantitative estimate of drug-likeness (QED) is 0.402. The van der Waals surface area contributed by atoms with Gasteiger partial charge in [0.15, 0.2) is 0 Å². The van der Waals surface area contributed by atoms with Crippen LogP contribution in [0.15, 0.2) is 12.2 Å². The Kier molecular flexibility index (Phi) is 9.64. The zero-order valence-corrected chi connectivity index (χ0v) is 10.3. The Labute approximate surface area is 102 Å². The highest BCUT2D eigenvalue weighted by Crippen LogP contribution is 1.91. The second-order valence-corrected chi connectivity index (χ2v) is 3.14. The number of hydrogen-bond donors (Lipinski definition) is 0. The van der Waals surface area contributed by atoms with Gasteiger partial charge in [0.25, 0.3) is 0 Å². The fourth-order valence-electron chi connectivity index (χ4n) is 0.934. The molecule has 0 aliphatic rings. The molecule has 17 heavy (non-hydrogen) atoms. The number of allylic oxidation sites excluding steroid dienone is 1. The summed E-state index contributed by atoms with van der Waals surface area (Å²) in [6.07, 6.45) is 4.99. The van der Waals surface area contributed by atoms with Gasteiger partial charge in [0.2, 0.25) is 0 Å². The first-order chi connectivity index (χ1) is 8.16. The minimum atomic E-state index is -0.296. The van der Waals surface area contributed by atoms with E-state index in [0.29, 0.717) is 25.9 Å². The zero-order valence-electron chi connectivity index (χ0n) is 10.3. The third kappa shape index (κ3) is 12.2. The van der Waals surface area contributed by atoms with E-state index in [1.165, 1.54) is 6.92 Å². The highest BCUT2D eigenvalue weighted by molar-refractivity contribution is 5.69. The van der Waals surface area contributed by atoms with Crippen LogP contribution in [0.2, 0.25) is 0 Å². The maximum atomic E-state index is 10.9. The molecule has 4 heteroatoms. The summed E-state index contributed by atoms with van der Waals surface area (Å²) >= 11 is 0. The van der Waals surface area contributed by atoms with Gasteiger partial charge in [0, 0.05) is 19.8 Å². The molecule has 0 aliphatic carbocycles. The number of hydrogen-bond acceptors (Lipinski definition) is 4. The lowest BCUT2D eigenvalue weighted by atomic mass is 10.3. The molecular weight excluding hydrogens is 220 g/mol. The van der Waals surface area contributed by atoms with Crippen LogP contribution in [0.3, 0.4) is 0 Å². The highest BCUT2D eigenvalue weighted by atomic mass is 16.5. The van der Waals surface area contributed by atoms with Gasteiger partial charge in [-0.05, 0) is 6.92 Å². The molecule has 0 spiro atoms. The molecule has 0 aromatic carbocycles. The maximum absolute atomic E-state index is 10.9. The first-order valence-electron chi connectivity index (χ1n) is 5.56. The van der Waals surface area contributed by atoms with E-state index in [2.05, 4.69) is 11.8 Å². The minimum absolute atomic E-state index is 0.216. The van der Waals surface area contributed by atoms with E-state index in [0.717, 1.165) is 0 Å². The van der Waals surface area contributed by atoms with Crippen LogP contribution in [0, 0.1) is 11.8 Å². The van der Waals surface area contributed by atoms with E-state index in [1.807, 2.05) is 6.08 Å². The molecule has 0 bridgehead atoms. The molecule has 0 unspecified atom stereocenters. The summed E-state index contributed by atoms with van der Waals surface area (Å²) in [6.45, 7) is 3.82. The van der Waals surface area contributed by atoms with Crippen LogP contribution >= 0.6 is 0 Å². The molecule has 0 heterocycles. The summed E-state index contributed by atoms with van der Waals surface area (Å²) in [5.41, 5.74) is 0. The summed E-state index contributed by atoms with van der Waals surface area (Å²) < 4.78 is 9.45. The maximum Gasteiger partial charge on any atom is 0.306 e. The first-order valence-corrected chi connectivity index (χ1v) is 5.56. The molecule has 0 saturated heterocycles. The fourth-order valence-corrected chi connectivity index (χ4v) is 0.934. The zero-order chi connectivity index (χ0) is 12.9. The van der Waals surface area contributed by atoms with Crippen molar-refractivity contribution < 1.29 is 19.1 Å². The Balaban J connectivity index is 3.48. The van der Waals surface area contributed by atoms with Crippen LogP contribution in [0.1, 0.15) is 33.1 Å². The van der Waals surface area contributed by atoms with Crippen molar-refractivity contribution in [3.63, 3.8) is 0 Å². The Bertz CT molecular complexity index is 320.